The molecule has 1 aliphatic heterocycles. The van der Waals surface area contributed by atoms with Crippen LogP contribution in [-0.4, -0.2) is 89.0 Å². The number of carbonyl (C=O) groups is 2. The van der Waals surface area contributed by atoms with Gasteiger partial charge in [-0.1, -0.05) is 148 Å². The molecule has 61 heavy (non-hydrogen) atoms. The van der Waals surface area contributed by atoms with Gasteiger partial charge >= 0.3 is 11.9 Å². The van der Waals surface area contributed by atoms with Crippen molar-refractivity contribution in [1.29, 1.82) is 0 Å². The Balaban J connectivity index is 2.45. The summed E-state index contributed by atoms with van der Waals surface area (Å²) in [7, 11) is 0. The van der Waals surface area contributed by atoms with Crippen LogP contribution in [0.3, 0.4) is 0 Å². The molecular weight excluding hydrogens is 773 g/mol. The first kappa shape index (κ1) is 55.1. The summed E-state index contributed by atoms with van der Waals surface area (Å²) in [5.74, 6) is -0.986. The maximum atomic E-state index is 12.7. The predicted octanol–water partition coefficient (Wildman–Crippen LogP) is 9.88. The molecule has 1 aliphatic rings. The van der Waals surface area contributed by atoms with E-state index in [0.29, 0.717) is 19.3 Å². The van der Waals surface area contributed by atoms with E-state index in [4.69, 9.17) is 18.9 Å². The van der Waals surface area contributed by atoms with Crippen LogP contribution in [0.4, 0.5) is 0 Å². The van der Waals surface area contributed by atoms with Gasteiger partial charge in [0.05, 0.1) is 13.2 Å². The SMILES string of the molecule is CC/C=C/C/C=C/C/C=C/C/C=C/C/C=C/CCCC(=O)OC[C@H](CO[C@@H]1O[C@H](CO)[C@H](O)C(O)C1O)OC(=O)CC/C=C/C/C=C/C/C=C/C/C=C/C/C=C/CCCCC. The van der Waals surface area contributed by atoms with Crippen LogP contribution in [0.15, 0.2) is 122 Å². The van der Waals surface area contributed by atoms with Crippen molar-refractivity contribution in [2.75, 3.05) is 19.8 Å². The highest BCUT2D eigenvalue weighted by Gasteiger charge is 2.44. The lowest BCUT2D eigenvalue weighted by Crippen LogP contribution is -2.59. The van der Waals surface area contributed by atoms with E-state index < -0.39 is 55.4 Å². The van der Waals surface area contributed by atoms with Crippen molar-refractivity contribution in [3.05, 3.63) is 122 Å². The minimum Gasteiger partial charge on any atom is -0.462 e. The number of rotatable bonds is 35. The van der Waals surface area contributed by atoms with E-state index in [1.807, 2.05) is 18.2 Å². The van der Waals surface area contributed by atoms with E-state index in [1.165, 1.54) is 25.7 Å². The Hall–Kier alpha value is -3.90. The van der Waals surface area contributed by atoms with Crippen LogP contribution in [0.5, 0.6) is 0 Å². The Morgan fingerprint density at radius 2 is 0.984 bits per heavy atom. The van der Waals surface area contributed by atoms with Crippen LogP contribution in [0.1, 0.15) is 129 Å². The smallest absolute Gasteiger partial charge is 0.306 e. The zero-order valence-corrected chi connectivity index (χ0v) is 37.1. The summed E-state index contributed by atoms with van der Waals surface area (Å²) in [5, 5.41) is 40.1. The lowest BCUT2D eigenvalue weighted by molar-refractivity contribution is -0.305. The first-order chi connectivity index (χ1) is 29.8. The van der Waals surface area contributed by atoms with Crippen LogP contribution < -0.4 is 0 Å². The Labute approximate surface area is 367 Å². The maximum absolute atomic E-state index is 12.7. The molecule has 0 radical (unpaired) electrons. The largest absolute Gasteiger partial charge is 0.462 e. The highest BCUT2D eigenvalue weighted by Crippen LogP contribution is 2.22. The van der Waals surface area contributed by atoms with Gasteiger partial charge in [0.25, 0.3) is 0 Å². The van der Waals surface area contributed by atoms with Crippen molar-refractivity contribution < 1.29 is 49.0 Å². The van der Waals surface area contributed by atoms with Gasteiger partial charge in [-0.3, -0.25) is 9.59 Å². The van der Waals surface area contributed by atoms with Crippen LogP contribution in [0.25, 0.3) is 0 Å². The predicted molar refractivity (Wildman–Crippen MR) is 246 cm³/mol. The Morgan fingerprint density at radius 1 is 0.525 bits per heavy atom. The second-order valence-corrected chi connectivity index (χ2v) is 14.8. The third-order valence-electron chi connectivity index (χ3n) is 9.34. The molecule has 1 rings (SSSR count). The molecule has 0 aromatic rings. The van der Waals surface area contributed by atoms with E-state index >= 15 is 0 Å². The highest BCUT2D eigenvalue weighted by molar-refractivity contribution is 5.70. The molecule has 10 nitrogen and oxygen atoms in total. The molecular formula is C51H78O10. The fourth-order valence-electron chi connectivity index (χ4n) is 5.79. The third-order valence-corrected chi connectivity index (χ3v) is 9.34. The van der Waals surface area contributed by atoms with Crippen LogP contribution in [0.2, 0.25) is 0 Å². The van der Waals surface area contributed by atoms with Crippen LogP contribution >= 0.6 is 0 Å². The molecule has 1 fully saturated rings. The minimum atomic E-state index is -1.62. The summed E-state index contributed by atoms with van der Waals surface area (Å²) in [5.41, 5.74) is 0. The number of hydrogen-bond acceptors (Lipinski definition) is 10. The van der Waals surface area contributed by atoms with Gasteiger partial charge in [-0.2, -0.15) is 0 Å². The molecule has 0 amide bonds. The molecule has 0 saturated carbocycles. The summed E-state index contributed by atoms with van der Waals surface area (Å²) < 4.78 is 22.0. The summed E-state index contributed by atoms with van der Waals surface area (Å²) in [4.78, 5) is 25.3. The molecule has 0 spiro atoms. The molecule has 0 aliphatic carbocycles. The summed E-state index contributed by atoms with van der Waals surface area (Å²) in [6, 6.07) is 0. The van der Waals surface area contributed by atoms with E-state index in [9.17, 15) is 30.0 Å². The van der Waals surface area contributed by atoms with E-state index in [1.54, 1.807) is 0 Å². The second-order valence-electron chi connectivity index (χ2n) is 14.8. The average molecular weight is 851 g/mol. The number of ether oxygens (including phenoxy) is 4. The van der Waals surface area contributed by atoms with Gasteiger partial charge in [0.1, 0.15) is 31.0 Å². The zero-order valence-electron chi connectivity index (χ0n) is 37.1. The van der Waals surface area contributed by atoms with Gasteiger partial charge in [-0.25, -0.2) is 0 Å². The van der Waals surface area contributed by atoms with Gasteiger partial charge in [-0.15, -0.1) is 0 Å². The molecule has 1 saturated heterocycles. The van der Waals surface area contributed by atoms with Crippen molar-refractivity contribution in [2.24, 2.45) is 0 Å². The number of allylic oxidation sites excluding steroid dienone is 20. The van der Waals surface area contributed by atoms with E-state index in [-0.39, 0.29) is 26.1 Å². The van der Waals surface area contributed by atoms with Crippen LogP contribution in [0, 0.1) is 0 Å². The molecule has 0 aromatic heterocycles. The van der Waals surface area contributed by atoms with Gasteiger partial charge in [0, 0.05) is 12.8 Å². The number of carbonyl (C=O) groups excluding carboxylic acids is 2. The Bertz CT molecular complexity index is 1400. The minimum absolute atomic E-state index is 0.0862. The molecule has 0 aromatic carbocycles. The lowest BCUT2D eigenvalue weighted by Gasteiger charge is -2.39. The average Bonchev–Trinajstić information content (AvgIpc) is 3.26. The quantitative estimate of drug-likeness (QED) is 0.0276. The number of aliphatic hydroxyl groups excluding tert-OH is 4. The zero-order chi connectivity index (χ0) is 44.4. The summed E-state index contributed by atoms with van der Waals surface area (Å²) >= 11 is 0. The number of aliphatic hydroxyl groups is 4. The monoisotopic (exact) mass is 851 g/mol. The van der Waals surface area contributed by atoms with Crippen LogP contribution in [-0.2, 0) is 28.5 Å². The molecule has 1 heterocycles. The molecule has 6 atom stereocenters. The van der Waals surface area contributed by atoms with Gasteiger partial charge in [-0.05, 0) is 89.9 Å². The number of esters is 2. The Kier molecular flexibility index (Phi) is 36.3. The molecule has 0 bridgehead atoms. The first-order valence-corrected chi connectivity index (χ1v) is 22.6. The molecule has 4 N–H and O–H groups in total. The topological polar surface area (TPSA) is 152 Å². The second kappa shape index (κ2) is 40.2. The first-order valence-electron chi connectivity index (χ1n) is 22.6. The van der Waals surface area contributed by atoms with Gasteiger partial charge in [0.15, 0.2) is 12.4 Å². The Morgan fingerprint density at radius 3 is 1.46 bits per heavy atom. The van der Waals surface area contributed by atoms with Gasteiger partial charge < -0.3 is 39.4 Å². The molecule has 342 valence electrons. The van der Waals surface area contributed by atoms with Crippen molar-refractivity contribution in [2.45, 2.75) is 166 Å². The summed E-state index contributed by atoms with van der Waals surface area (Å²) in [6.07, 6.45) is 49.3. The van der Waals surface area contributed by atoms with Crippen molar-refractivity contribution >= 4 is 11.9 Å². The van der Waals surface area contributed by atoms with Gasteiger partial charge in [0.2, 0.25) is 0 Å². The molecule has 2 unspecified atom stereocenters. The van der Waals surface area contributed by atoms with E-state index in [0.717, 1.165) is 57.8 Å². The lowest BCUT2D eigenvalue weighted by atomic mass is 9.99. The number of unbranched alkanes of at least 4 members (excludes halogenated alkanes) is 4. The fourth-order valence-corrected chi connectivity index (χ4v) is 5.79. The van der Waals surface area contributed by atoms with Crippen molar-refractivity contribution in [3.8, 4) is 0 Å². The summed E-state index contributed by atoms with van der Waals surface area (Å²) in [6.45, 7) is 3.12. The normalized spacial score (nSPS) is 20.9. The highest BCUT2D eigenvalue weighted by atomic mass is 16.7. The maximum Gasteiger partial charge on any atom is 0.306 e. The fraction of sp³-hybridized carbons (Fsp3) is 0.569. The molecule has 10 heteroatoms. The third kappa shape index (κ3) is 31.6. The van der Waals surface area contributed by atoms with E-state index in [2.05, 4.69) is 117 Å². The standard InChI is InChI=1S/C51H78O10/c1-3-5-7-9-11-13-15-17-19-21-22-24-26-28-30-32-34-36-38-40-47(54)60-44(43-59-51-50(57)49(56)48(55)45(41-52)61-51)42-58-46(53)39-37-35-33-31-29-27-25-23-20-18-16-14-12-10-8-6-4-2/h6,8,11-14,17-20,22,24-25,27-28,30-31,33-34,36,44-45,48-52,55-57H,3-5,7,9-10,15-16,21,23,26,29,32,35,37-43H2,1-2H3/b8-6+,13-11+,14-12+,19-17+,20-18+,24-22+,27-25+,30-28+,33-31+,36-34+/t44-,45-,48+,49?,50?,51-/m1/s1. The van der Waals surface area contributed by atoms with Crippen molar-refractivity contribution in [1.82, 2.24) is 0 Å². The number of hydrogen-bond donors (Lipinski definition) is 4. The van der Waals surface area contributed by atoms with Crippen molar-refractivity contribution in [3.63, 3.8) is 0 Å².